The lowest BCUT2D eigenvalue weighted by Crippen LogP contribution is -2.19. The first-order valence-electron chi connectivity index (χ1n) is 5.60. The molecule has 0 saturated heterocycles. The predicted molar refractivity (Wildman–Crippen MR) is 61.9 cm³/mol. The summed E-state index contributed by atoms with van der Waals surface area (Å²) in [6.45, 7) is 1.60. The van der Waals surface area contributed by atoms with Crippen molar-refractivity contribution >= 4 is 5.69 Å². The van der Waals surface area contributed by atoms with Gasteiger partial charge in [-0.2, -0.15) is 0 Å². The minimum Gasteiger partial charge on any atom is -0.474 e. The van der Waals surface area contributed by atoms with E-state index in [1.54, 1.807) is 6.92 Å². The fourth-order valence-corrected chi connectivity index (χ4v) is 2.04. The van der Waals surface area contributed by atoms with E-state index in [1.807, 2.05) is 0 Å². The summed E-state index contributed by atoms with van der Waals surface area (Å²) in [4.78, 5) is 14.3. The van der Waals surface area contributed by atoms with E-state index >= 15 is 0 Å². The molecule has 1 aromatic rings. The first-order chi connectivity index (χ1) is 8.06. The number of hydrogen-bond acceptors (Lipinski definition) is 5. The number of hydrogen-bond donors (Lipinski definition) is 1. The summed E-state index contributed by atoms with van der Waals surface area (Å²) >= 11 is 0. The first-order valence-corrected chi connectivity index (χ1v) is 5.60. The Balaban J connectivity index is 2.07. The van der Waals surface area contributed by atoms with Gasteiger partial charge in [-0.15, -0.1) is 0 Å². The van der Waals surface area contributed by atoms with Crippen molar-refractivity contribution in [2.24, 2.45) is 5.73 Å². The number of nitrogens with two attached hydrogens (primary N) is 1. The summed E-state index contributed by atoms with van der Waals surface area (Å²) in [5, 5.41) is 10.6. The standard InChI is InChI=1S/C11H15N3O3/c1-7-10(14(15)16)4-5-11(13-7)17-9-3-2-8(12)6-9/h4-5,8-9H,2-3,6,12H2,1H3. The van der Waals surface area contributed by atoms with Crippen LogP contribution in [-0.4, -0.2) is 22.1 Å². The van der Waals surface area contributed by atoms with E-state index in [-0.39, 0.29) is 17.8 Å². The van der Waals surface area contributed by atoms with Gasteiger partial charge in [0.2, 0.25) is 5.88 Å². The Morgan fingerprint density at radius 2 is 2.29 bits per heavy atom. The molecule has 0 aliphatic heterocycles. The highest BCUT2D eigenvalue weighted by Crippen LogP contribution is 2.24. The van der Waals surface area contributed by atoms with Gasteiger partial charge >= 0.3 is 0 Å². The lowest BCUT2D eigenvalue weighted by atomic mass is 10.3. The molecule has 1 heterocycles. The second-order valence-corrected chi connectivity index (χ2v) is 4.32. The Hall–Kier alpha value is -1.69. The average molecular weight is 237 g/mol. The third-order valence-electron chi connectivity index (χ3n) is 2.94. The minimum absolute atomic E-state index is 0.0143. The van der Waals surface area contributed by atoms with Gasteiger partial charge in [0, 0.05) is 18.2 Å². The second-order valence-electron chi connectivity index (χ2n) is 4.32. The Bertz CT molecular complexity index is 436. The van der Waals surface area contributed by atoms with Crippen molar-refractivity contribution in [3.05, 3.63) is 27.9 Å². The highest BCUT2D eigenvalue weighted by molar-refractivity contribution is 5.36. The third kappa shape index (κ3) is 2.71. The highest BCUT2D eigenvalue weighted by Gasteiger charge is 2.24. The molecule has 17 heavy (non-hydrogen) atoms. The predicted octanol–water partition coefficient (Wildman–Crippen LogP) is 1.56. The van der Waals surface area contributed by atoms with E-state index in [0.717, 1.165) is 19.3 Å². The molecule has 1 fully saturated rings. The van der Waals surface area contributed by atoms with Crippen molar-refractivity contribution in [3.63, 3.8) is 0 Å². The van der Waals surface area contributed by atoms with Crippen LogP contribution >= 0.6 is 0 Å². The molecule has 1 saturated carbocycles. The number of nitro groups is 1. The number of rotatable bonds is 3. The van der Waals surface area contributed by atoms with Crippen LogP contribution in [0, 0.1) is 17.0 Å². The molecule has 2 unspecified atom stereocenters. The van der Waals surface area contributed by atoms with Crippen LogP contribution < -0.4 is 10.5 Å². The van der Waals surface area contributed by atoms with Gasteiger partial charge in [-0.3, -0.25) is 10.1 Å². The summed E-state index contributed by atoms with van der Waals surface area (Å²) < 4.78 is 5.65. The van der Waals surface area contributed by atoms with Gasteiger partial charge in [-0.1, -0.05) is 0 Å². The van der Waals surface area contributed by atoms with Gasteiger partial charge in [0.25, 0.3) is 5.69 Å². The first kappa shape index (κ1) is 11.8. The summed E-state index contributed by atoms with van der Waals surface area (Å²) in [5.41, 5.74) is 6.17. The lowest BCUT2D eigenvalue weighted by Gasteiger charge is -2.12. The van der Waals surface area contributed by atoms with Crippen LogP contribution in [-0.2, 0) is 0 Å². The summed E-state index contributed by atoms with van der Waals surface area (Å²) in [6, 6.07) is 3.15. The topological polar surface area (TPSA) is 91.3 Å². The van der Waals surface area contributed by atoms with Crippen LogP contribution in [0.15, 0.2) is 12.1 Å². The van der Waals surface area contributed by atoms with Crippen LogP contribution in [0.5, 0.6) is 5.88 Å². The van der Waals surface area contributed by atoms with Crippen LogP contribution in [0.4, 0.5) is 5.69 Å². The Kier molecular flexibility index (Phi) is 3.23. The normalized spacial score (nSPS) is 23.6. The van der Waals surface area contributed by atoms with Gasteiger partial charge in [0.05, 0.1) is 4.92 Å². The van der Waals surface area contributed by atoms with Gasteiger partial charge in [-0.25, -0.2) is 4.98 Å². The Morgan fingerprint density at radius 1 is 1.53 bits per heavy atom. The quantitative estimate of drug-likeness (QED) is 0.636. The molecule has 2 atom stereocenters. The van der Waals surface area contributed by atoms with E-state index < -0.39 is 4.92 Å². The third-order valence-corrected chi connectivity index (χ3v) is 2.94. The molecule has 2 rings (SSSR count). The lowest BCUT2D eigenvalue weighted by molar-refractivity contribution is -0.385. The van der Waals surface area contributed by atoms with E-state index in [1.165, 1.54) is 12.1 Å². The molecule has 0 radical (unpaired) electrons. The zero-order chi connectivity index (χ0) is 12.4. The maximum atomic E-state index is 10.6. The molecule has 6 nitrogen and oxygen atoms in total. The van der Waals surface area contributed by atoms with Crippen molar-refractivity contribution in [1.29, 1.82) is 0 Å². The largest absolute Gasteiger partial charge is 0.474 e. The summed E-state index contributed by atoms with van der Waals surface area (Å²) in [6.07, 6.45) is 2.77. The van der Waals surface area contributed by atoms with Crippen molar-refractivity contribution in [2.75, 3.05) is 0 Å². The average Bonchev–Trinajstić information content (AvgIpc) is 2.63. The molecule has 0 bridgehead atoms. The molecule has 1 aliphatic carbocycles. The van der Waals surface area contributed by atoms with Gasteiger partial charge in [-0.05, 0) is 26.2 Å². The summed E-state index contributed by atoms with van der Waals surface area (Å²) in [5.74, 6) is 0.437. The van der Waals surface area contributed by atoms with Crippen molar-refractivity contribution in [3.8, 4) is 5.88 Å². The molecule has 0 amide bonds. The molecule has 1 aliphatic rings. The fraction of sp³-hybridized carbons (Fsp3) is 0.545. The minimum atomic E-state index is -0.447. The molecular formula is C11H15N3O3. The number of aryl methyl sites for hydroxylation is 1. The van der Waals surface area contributed by atoms with Crippen molar-refractivity contribution < 1.29 is 9.66 Å². The van der Waals surface area contributed by atoms with E-state index in [4.69, 9.17) is 10.5 Å². The molecule has 0 aromatic carbocycles. The van der Waals surface area contributed by atoms with Gasteiger partial charge < -0.3 is 10.5 Å². The van der Waals surface area contributed by atoms with E-state index in [0.29, 0.717) is 11.6 Å². The van der Waals surface area contributed by atoms with Crippen LogP contribution in [0.3, 0.4) is 0 Å². The number of pyridine rings is 1. The maximum Gasteiger partial charge on any atom is 0.290 e. The zero-order valence-corrected chi connectivity index (χ0v) is 9.63. The molecule has 92 valence electrons. The van der Waals surface area contributed by atoms with Crippen LogP contribution in [0.25, 0.3) is 0 Å². The molecule has 2 N–H and O–H groups in total. The molecule has 6 heteroatoms. The van der Waals surface area contributed by atoms with Crippen molar-refractivity contribution in [1.82, 2.24) is 4.98 Å². The number of aromatic nitrogens is 1. The monoisotopic (exact) mass is 237 g/mol. The maximum absolute atomic E-state index is 10.6. The zero-order valence-electron chi connectivity index (χ0n) is 9.63. The number of ether oxygens (including phenoxy) is 1. The number of nitrogens with zero attached hydrogens (tertiary/aromatic N) is 2. The highest BCUT2D eigenvalue weighted by atomic mass is 16.6. The Morgan fingerprint density at radius 3 is 2.82 bits per heavy atom. The fourth-order valence-electron chi connectivity index (χ4n) is 2.04. The van der Waals surface area contributed by atoms with E-state index in [2.05, 4.69) is 4.98 Å². The van der Waals surface area contributed by atoms with Crippen LogP contribution in [0.1, 0.15) is 25.0 Å². The smallest absolute Gasteiger partial charge is 0.290 e. The van der Waals surface area contributed by atoms with Crippen LogP contribution in [0.2, 0.25) is 0 Å². The van der Waals surface area contributed by atoms with Gasteiger partial charge in [0.15, 0.2) is 0 Å². The molecular weight excluding hydrogens is 222 g/mol. The molecule has 0 spiro atoms. The summed E-state index contributed by atoms with van der Waals surface area (Å²) in [7, 11) is 0. The van der Waals surface area contributed by atoms with E-state index in [9.17, 15) is 10.1 Å². The van der Waals surface area contributed by atoms with Crippen molar-refractivity contribution in [2.45, 2.75) is 38.3 Å². The Labute approximate surface area is 98.9 Å². The molecule has 1 aromatic heterocycles. The van der Waals surface area contributed by atoms with Gasteiger partial charge in [0.1, 0.15) is 11.8 Å². The SMILES string of the molecule is Cc1nc(OC2CCC(N)C2)ccc1[N+](=O)[O-]. The second kappa shape index (κ2) is 4.67.